The largest absolute Gasteiger partial charge is 0.377 e. The lowest BCUT2D eigenvalue weighted by Crippen LogP contribution is -2.43. The third-order valence-electron chi connectivity index (χ3n) is 5.85. The normalized spacial score (nSPS) is 18.7. The smallest absolute Gasteiger partial charge is 0.240 e. The first-order chi connectivity index (χ1) is 15.0. The van der Waals surface area contributed by atoms with E-state index in [0.717, 1.165) is 43.9 Å². The van der Waals surface area contributed by atoms with Crippen LogP contribution in [0.3, 0.4) is 0 Å². The number of halogens is 1. The summed E-state index contributed by atoms with van der Waals surface area (Å²) >= 11 is 0. The Bertz CT molecular complexity index is 1020. The van der Waals surface area contributed by atoms with E-state index in [1.54, 1.807) is 19.2 Å². The first kappa shape index (κ1) is 24.9. The minimum absolute atomic E-state index is 0. The van der Waals surface area contributed by atoms with Gasteiger partial charge in [-0.15, -0.1) is 24.0 Å². The summed E-state index contributed by atoms with van der Waals surface area (Å²) < 4.78 is 33.2. The maximum absolute atomic E-state index is 12.5. The number of fused-ring (bicyclic) bond motifs is 1. The predicted molar refractivity (Wildman–Crippen MR) is 137 cm³/mol. The molecule has 2 aliphatic rings. The van der Waals surface area contributed by atoms with Crippen molar-refractivity contribution in [3.8, 4) is 0 Å². The summed E-state index contributed by atoms with van der Waals surface area (Å²) in [5.74, 6) is 0.851. The van der Waals surface area contributed by atoms with Gasteiger partial charge in [-0.2, -0.15) is 0 Å². The molecule has 0 spiro atoms. The van der Waals surface area contributed by atoms with Crippen LogP contribution in [0.15, 0.2) is 58.4 Å². The van der Waals surface area contributed by atoms with Gasteiger partial charge in [-0.25, -0.2) is 13.1 Å². The SMILES string of the molecule is CN=C(NCc1ccc(S(=O)(=O)NCC2CCCO2)cc1)N1CCc2ccccc2C1.I. The number of nitrogens with zero attached hydrogens (tertiary/aromatic N) is 2. The van der Waals surface area contributed by atoms with E-state index >= 15 is 0 Å². The quantitative estimate of drug-likeness (QED) is 0.317. The summed E-state index contributed by atoms with van der Waals surface area (Å²) in [5.41, 5.74) is 3.73. The van der Waals surface area contributed by atoms with Gasteiger partial charge in [0.1, 0.15) is 0 Å². The lowest BCUT2D eigenvalue weighted by molar-refractivity contribution is 0.114. The fraction of sp³-hybridized carbons (Fsp3) is 0.435. The van der Waals surface area contributed by atoms with Gasteiger partial charge in [-0.05, 0) is 48.1 Å². The molecule has 0 aromatic heterocycles. The van der Waals surface area contributed by atoms with Crippen LogP contribution in [0.5, 0.6) is 0 Å². The molecule has 9 heteroatoms. The molecule has 4 rings (SSSR count). The van der Waals surface area contributed by atoms with Crippen LogP contribution in [-0.4, -0.2) is 52.1 Å². The average Bonchev–Trinajstić information content (AvgIpc) is 3.32. The van der Waals surface area contributed by atoms with Gasteiger partial charge in [0.25, 0.3) is 0 Å². The van der Waals surface area contributed by atoms with Crippen molar-refractivity contribution in [1.82, 2.24) is 14.9 Å². The molecule has 174 valence electrons. The molecule has 2 aromatic carbocycles. The van der Waals surface area contributed by atoms with Crippen molar-refractivity contribution < 1.29 is 13.2 Å². The summed E-state index contributed by atoms with van der Waals surface area (Å²) in [4.78, 5) is 6.95. The minimum atomic E-state index is -3.53. The van der Waals surface area contributed by atoms with E-state index in [1.807, 2.05) is 12.1 Å². The van der Waals surface area contributed by atoms with Crippen LogP contribution in [0.1, 0.15) is 29.5 Å². The number of hydrogen-bond acceptors (Lipinski definition) is 4. The van der Waals surface area contributed by atoms with Crippen LogP contribution in [0.2, 0.25) is 0 Å². The fourth-order valence-corrected chi connectivity index (χ4v) is 5.13. The van der Waals surface area contributed by atoms with Crippen LogP contribution in [-0.2, 0) is 34.3 Å². The van der Waals surface area contributed by atoms with Crippen molar-refractivity contribution >= 4 is 40.0 Å². The highest BCUT2D eigenvalue weighted by Crippen LogP contribution is 2.19. The van der Waals surface area contributed by atoms with Gasteiger partial charge in [0.05, 0.1) is 11.0 Å². The topological polar surface area (TPSA) is 83.0 Å². The number of nitrogens with one attached hydrogen (secondary N) is 2. The summed E-state index contributed by atoms with van der Waals surface area (Å²) in [6, 6.07) is 15.5. The van der Waals surface area contributed by atoms with Crippen LogP contribution in [0.25, 0.3) is 0 Å². The van der Waals surface area contributed by atoms with Gasteiger partial charge in [0.2, 0.25) is 10.0 Å². The number of sulfonamides is 1. The minimum Gasteiger partial charge on any atom is -0.377 e. The number of guanidine groups is 1. The second-order valence-electron chi connectivity index (χ2n) is 7.97. The summed E-state index contributed by atoms with van der Waals surface area (Å²) in [7, 11) is -1.74. The zero-order valence-corrected chi connectivity index (χ0v) is 21.4. The Morgan fingerprint density at radius 3 is 2.59 bits per heavy atom. The zero-order chi connectivity index (χ0) is 21.7. The van der Waals surface area contributed by atoms with Gasteiger partial charge in [0.15, 0.2) is 5.96 Å². The van der Waals surface area contributed by atoms with E-state index in [1.165, 1.54) is 11.1 Å². The number of benzene rings is 2. The van der Waals surface area contributed by atoms with E-state index in [0.29, 0.717) is 19.7 Å². The molecular weight excluding hydrogens is 539 g/mol. The Hall–Kier alpha value is -1.69. The Labute approximate surface area is 207 Å². The Morgan fingerprint density at radius 2 is 1.91 bits per heavy atom. The first-order valence-electron chi connectivity index (χ1n) is 10.8. The Balaban J connectivity index is 0.00000289. The monoisotopic (exact) mass is 570 g/mol. The van der Waals surface area contributed by atoms with Gasteiger partial charge in [0, 0.05) is 39.8 Å². The second kappa shape index (κ2) is 11.4. The van der Waals surface area contributed by atoms with Crippen LogP contribution in [0.4, 0.5) is 0 Å². The first-order valence-corrected chi connectivity index (χ1v) is 12.3. The third-order valence-corrected chi connectivity index (χ3v) is 7.29. The molecule has 0 amide bonds. The molecule has 1 unspecified atom stereocenters. The maximum atomic E-state index is 12.5. The van der Waals surface area contributed by atoms with E-state index < -0.39 is 10.0 Å². The van der Waals surface area contributed by atoms with Crippen LogP contribution in [0, 0.1) is 0 Å². The van der Waals surface area contributed by atoms with Crippen molar-refractivity contribution in [2.24, 2.45) is 4.99 Å². The number of aliphatic imine (C=N–C) groups is 1. The standard InChI is InChI=1S/C23H30N4O3S.HI/c1-24-23(27-13-12-19-5-2-3-6-20(19)17-27)25-15-18-8-10-22(11-9-18)31(28,29)26-16-21-7-4-14-30-21;/h2-3,5-6,8-11,21,26H,4,7,12-17H2,1H3,(H,24,25);1H. The molecule has 1 fully saturated rings. The van der Waals surface area contributed by atoms with E-state index in [4.69, 9.17) is 4.74 Å². The lowest BCUT2D eigenvalue weighted by Gasteiger charge is -2.31. The lowest BCUT2D eigenvalue weighted by atomic mass is 10.0. The molecule has 2 N–H and O–H groups in total. The fourth-order valence-electron chi connectivity index (χ4n) is 4.07. The molecular formula is C23H31IN4O3S. The van der Waals surface area contributed by atoms with Crippen LogP contribution < -0.4 is 10.0 Å². The van der Waals surface area contributed by atoms with E-state index in [-0.39, 0.29) is 35.0 Å². The van der Waals surface area contributed by atoms with Crippen molar-refractivity contribution in [2.45, 2.75) is 43.4 Å². The molecule has 0 radical (unpaired) electrons. The van der Waals surface area contributed by atoms with Crippen molar-refractivity contribution in [2.75, 3.05) is 26.7 Å². The number of ether oxygens (including phenoxy) is 1. The van der Waals surface area contributed by atoms with E-state index in [2.05, 4.69) is 44.2 Å². The van der Waals surface area contributed by atoms with Crippen LogP contribution >= 0.6 is 24.0 Å². The van der Waals surface area contributed by atoms with Gasteiger partial charge >= 0.3 is 0 Å². The average molecular weight is 570 g/mol. The molecule has 2 aromatic rings. The van der Waals surface area contributed by atoms with Gasteiger partial charge in [-0.1, -0.05) is 36.4 Å². The highest BCUT2D eigenvalue weighted by atomic mass is 127. The van der Waals surface area contributed by atoms with Crippen molar-refractivity contribution in [3.63, 3.8) is 0 Å². The highest BCUT2D eigenvalue weighted by Gasteiger charge is 2.21. The Morgan fingerprint density at radius 1 is 1.16 bits per heavy atom. The molecule has 2 aliphatic heterocycles. The maximum Gasteiger partial charge on any atom is 0.240 e. The summed E-state index contributed by atoms with van der Waals surface area (Å²) in [6.45, 7) is 3.37. The molecule has 32 heavy (non-hydrogen) atoms. The number of hydrogen-bond donors (Lipinski definition) is 2. The van der Waals surface area contributed by atoms with Gasteiger partial charge in [-0.3, -0.25) is 4.99 Å². The molecule has 1 saturated heterocycles. The molecule has 0 saturated carbocycles. The summed E-state index contributed by atoms with van der Waals surface area (Å²) in [6.07, 6.45) is 2.87. The number of rotatable bonds is 6. The third kappa shape index (κ3) is 6.21. The highest BCUT2D eigenvalue weighted by molar-refractivity contribution is 14.0. The van der Waals surface area contributed by atoms with Crippen molar-refractivity contribution in [3.05, 3.63) is 65.2 Å². The Kier molecular flexibility index (Phi) is 8.92. The van der Waals surface area contributed by atoms with Gasteiger partial charge < -0.3 is 15.0 Å². The molecule has 1 atom stereocenters. The molecule has 7 nitrogen and oxygen atoms in total. The predicted octanol–water partition coefficient (Wildman–Crippen LogP) is 2.90. The van der Waals surface area contributed by atoms with E-state index in [9.17, 15) is 8.42 Å². The molecule has 2 heterocycles. The molecule has 0 aliphatic carbocycles. The van der Waals surface area contributed by atoms with Crippen molar-refractivity contribution in [1.29, 1.82) is 0 Å². The molecule has 0 bridgehead atoms. The summed E-state index contributed by atoms with van der Waals surface area (Å²) in [5, 5.41) is 3.40. The second-order valence-corrected chi connectivity index (χ2v) is 9.74. The zero-order valence-electron chi connectivity index (χ0n) is 18.3.